The predicted molar refractivity (Wildman–Crippen MR) is 45.1 cm³/mol. The summed E-state index contributed by atoms with van der Waals surface area (Å²) in [4.78, 5) is 7.63. The summed E-state index contributed by atoms with van der Waals surface area (Å²) in [5.74, 6) is 0. The number of rotatable bonds is 1. The molecule has 1 aromatic carbocycles. The Balaban J connectivity index is 0.000000845. The standard InChI is InChI=1S/C10H6N2.V.W/c1-2-4-9(5-3-1)10-6-11-8-12-7-10;;/h2-7H;;/q-2;;. The van der Waals surface area contributed by atoms with E-state index in [1.54, 1.807) is 12.4 Å². The first kappa shape index (κ1) is 13.6. The molecule has 2 aromatic rings. The molecule has 69 valence electrons. The molecular weight excluding hydrogens is 383 g/mol. The van der Waals surface area contributed by atoms with Gasteiger partial charge in [0.25, 0.3) is 0 Å². The summed E-state index contributed by atoms with van der Waals surface area (Å²) in [6, 6.07) is 10.6. The smallest absolute Gasteiger partial charge is 0.0213 e. The molecule has 0 saturated heterocycles. The Morgan fingerprint density at radius 1 is 0.929 bits per heavy atom. The SMILES string of the molecule is [V].[W].[c-]1ccc(-c2cn[c-]nc2)cc1. The van der Waals surface area contributed by atoms with E-state index in [1.807, 2.05) is 24.3 Å². The number of hydrogen-bond donors (Lipinski definition) is 0. The van der Waals surface area contributed by atoms with Gasteiger partial charge >= 0.3 is 0 Å². The fourth-order valence-electron chi connectivity index (χ4n) is 0.992. The third-order valence-corrected chi connectivity index (χ3v) is 1.57. The molecule has 0 aliphatic rings. The first-order valence-corrected chi connectivity index (χ1v) is 3.61. The van der Waals surface area contributed by atoms with E-state index >= 15 is 0 Å². The van der Waals surface area contributed by atoms with Crippen molar-refractivity contribution < 1.29 is 39.6 Å². The van der Waals surface area contributed by atoms with Crippen molar-refractivity contribution in [1.29, 1.82) is 0 Å². The van der Waals surface area contributed by atoms with Gasteiger partial charge in [-0.05, 0) is 0 Å². The Morgan fingerprint density at radius 2 is 1.50 bits per heavy atom. The molecule has 1 heterocycles. The van der Waals surface area contributed by atoms with Crippen LogP contribution in [-0.4, -0.2) is 9.97 Å². The van der Waals surface area contributed by atoms with Gasteiger partial charge < -0.3 is 9.97 Å². The quantitative estimate of drug-likeness (QED) is 0.695. The molecule has 2 rings (SSSR count). The van der Waals surface area contributed by atoms with Gasteiger partial charge in [0.2, 0.25) is 0 Å². The monoisotopic (exact) mass is 389 g/mol. The summed E-state index contributed by atoms with van der Waals surface area (Å²) in [6.07, 6.45) is 5.97. The van der Waals surface area contributed by atoms with E-state index in [-0.39, 0.29) is 39.6 Å². The molecule has 1 aromatic heterocycles. The number of benzene rings is 1. The second-order valence-corrected chi connectivity index (χ2v) is 2.36. The summed E-state index contributed by atoms with van der Waals surface area (Å²) in [5.41, 5.74) is 2.10. The van der Waals surface area contributed by atoms with Gasteiger partial charge in [0.15, 0.2) is 0 Å². The van der Waals surface area contributed by atoms with Crippen LogP contribution in [0.15, 0.2) is 36.7 Å². The molecule has 1 radical (unpaired) electrons. The molecule has 0 atom stereocenters. The zero-order valence-electron chi connectivity index (χ0n) is 7.21. The van der Waals surface area contributed by atoms with Crippen LogP contribution in [0.2, 0.25) is 0 Å². The number of hydrogen-bond acceptors (Lipinski definition) is 2. The first-order valence-electron chi connectivity index (χ1n) is 3.61. The van der Waals surface area contributed by atoms with Crippen LogP contribution in [0.3, 0.4) is 0 Å². The molecule has 2 nitrogen and oxygen atoms in total. The molecular formula is C10H6N2VW-2. The number of nitrogens with zero attached hydrogens (tertiary/aromatic N) is 2. The van der Waals surface area contributed by atoms with Crippen LogP contribution >= 0.6 is 0 Å². The fourth-order valence-corrected chi connectivity index (χ4v) is 0.992. The van der Waals surface area contributed by atoms with Crippen LogP contribution in [0.5, 0.6) is 0 Å². The minimum Gasteiger partial charge on any atom is -0.374 e. The molecule has 0 spiro atoms. The van der Waals surface area contributed by atoms with Crippen molar-refractivity contribution in [1.82, 2.24) is 9.97 Å². The normalized spacial score (nSPS) is 8.29. The van der Waals surface area contributed by atoms with Crippen molar-refractivity contribution in [2.45, 2.75) is 0 Å². The second kappa shape index (κ2) is 6.94. The van der Waals surface area contributed by atoms with Gasteiger partial charge in [0.1, 0.15) is 0 Å². The molecule has 0 bridgehead atoms. The van der Waals surface area contributed by atoms with Gasteiger partial charge in [0.05, 0.1) is 0 Å². The maximum atomic E-state index is 3.81. The van der Waals surface area contributed by atoms with Gasteiger partial charge in [0, 0.05) is 45.9 Å². The van der Waals surface area contributed by atoms with Crippen molar-refractivity contribution >= 4 is 0 Å². The van der Waals surface area contributed by atoms with E-state index in [4.69, 9.17) is 0 Å². The van der Waals surface area contributed by atoms with E-state index in [9.17, 15) is 0 Å². The Hall–Kier alpha value is -0.427. The minimum absolute atomic E-state index is 0. The summed E-state index contributed by atoms with van der Waals surface area (Å²) in [5, 5.41) is 0. The third-order valence-electron chi connectivity index (χ3n) is 1.57. The summed E-state index contributed by atoms with van der Waals surface area (Å²) in [6.45, 7) is 0. The van der Waals surface area contributed by atoms with E-state index in [0.717, 1.165) is 11.1 Å². The van der Waals surface area contributed by atoms with Crippen molar-refractivity contribution in [3.05, 3.63) is 49.1 Å². The summed E-state index contributed by atoms with van der Waals surface area (Å²) in [7, 11) is 0. The van der Waals surface area contributed by atoms with Gasteiger partial charge in [-0.2, -0.15) is 30.3 Å². The molecule has 0 saturated carbocycles. The number of aromatic nitrogens is 2. The van der Waals surface area contributed by atoms with Crippen LogP contribution < -0.4 is 0 Å². The Bertz CT molecular complexity index is 316. The zero-order valence-corrected chi connectivity index (χ0v) is 11.5. The molecule has 4 heteroatoms. The van der Waals surface area contributed by atoms with Crippen LogP contribution in [0, 0.1) is 12.4 Å². The van der Waals surface area contributed by atoms with Gasteiger partial charge in [-0.3, -0.25) is 0 Å². The largest absolute Gasteiger partial charge is 0.374 e. The Morgan fingerprint density at radius 3 is 2.07 bits per heavy atom. The Labute approximate surface area is 109 Å². The molecule has 0 aliphatic carbocycles. The molecule has 0 N–H and O–H groups in total. The van der Waals surface area contributed by atoms with Crippen molar-refractivity contribution in [2.24, 2.45) is 0 Å². The van der Waals surface area contributed by atoms with Crippen molar-refractivity contribution in [3.63, 3.8) is 0 Å². The molecule has 0 fully saturated rings. The van der Waals surface area contributed by atoms with Crippen LogP contribution in [0.25, 0.3) is 11.1 Å². The van der Waals surface area contributed by atoms with Gasteiger partial charge in [-0.25, -0.2) is 0 Å². The van der Waals surface area contributed by atoms with Crippen LogP contribution in [-0.2, 0) is 39.6 Å². The summed E-state index contributed by atoms with van der Waals surface area (Å²) >= 11 is 0. The summed E-state index contributed by atoms with van der Waals surface area (Å²) < 4.78 is 0. The molecule has 0 amide bonds. The zero-order chi connectivity index (χ0) is 8.23. The topological polar surface area (TPSA) is 25.8 Å². The van der Waals surface area contributed by atoms with Crippen LogP contribution in [0.1, 0.15) is 0 Å². The van der Waals surface area contributed by atoms with Gasteiger partial charge in [-0.1, -0.05) is 12.4 Å². The second-order valence-electron chi connectivity index (χ2n) is 2.36. The molecule has 14 heavy (non-hydrogen) atoms. The maximum Gasteiger partial charge on any atom is 0.0213 e. The van der Waals surface area contributed by atoms with E-state index in [2.05, 4.69) is 22.4 Å². The molecule has 0 unspecified atom stereocenters. The van der Waals surface area contributed by atoms with E-state index in [1.165, 1.54) is 0 Å². The average molecular weight is 389 g/mol. The van der Waals surface area contributed by atoms with Crippen molar-refractivity contribution in [2.75, 3.05) is 0 Å². The average Bonchev–Trinajstić information content (AvgIpc) is 2.21. The first-order chi connectivity index (χ1) is 5.97. The van der Waals surface area contributed by atoms with Crippen LogP contribution in [0.4, 0.5) is 0 Å². The maximum absolute atomic E-state index is 3.81. The Kier molecular flexibility index (Phi) is 6.73. The third kappa shape index (κ3) is 3.38. The predicted octanol–water partition coefficient (Wildman–Crippen LogP) is 1.74. The molecule has 0 aliphatic heterocycles. The fraction of sp³-hybridized carbons (Fsp3) is 0. The van der Waals surface area contributed by atoms with Crippen molar-refractivity contribution in [3.8, 4) is 11.1 Å². The van der Waals surface area contributed by atoms with Gasteiger partial charge in [-0.15, -0.1) is 11.1 Å². The van der Waals surface area contributed by atoms with E-state index in [0.29, 0.717) is 0 Å². The van der Waals surface area contributed by atoms with E-state index < -0.39 is 0 Å². The minimum atomic E-state index is 0.